The van der Waals surface area contributed by atoms with Gasteiger partial charge in [-0.15, -0.1) is 0 Å². The van der Waals surface area contributed by atoms with E-state index in [2.05, 4.69) is 12.2 Å². The fraction of sp³-hybridized carbons (Fsp3) is 0.286. The van der Waals surface area contributed by atoms with Gasteiger partial charge in [0, 0.05) is 11.3 Å². The van der Waals surface area contributed by atoms with Crippen molar-refractivity contribution in [1.29, 1.82) is 0 Å². The lowest BCUT2D eigenvalue weighted by atomic mass is 10.1. The number of aryl methyl sites for hydroxylation is 1. The molecule has 0 aliphatic carbocycles. The second kappa shape index (κ2) is 7.87. The minimum absolute atomic E-state index is 0.0425. The zero-order valence-corrected chi connectivity index (χ0v) is 16.1. The van der Waals surface area contributed by atoms with Gasteiger partial charge in [0.25, 0.3) is 0 Å². The summed E-state index contributed by atoms with van der Waals surface area (Å²) in [4.78, 5) is 21.9. The van der Waals surface area contributed by atoms with Crippen molar-refractivity contribution in [2.45, 2.75) is 32.9 Å². The molecule has 5 heteroatoms. The summed E-state index contributed by atoms with van der Waals surface area (Å²) in [6.45, 7) is 6.12. The van der Waals surface area contributed by atoms with E-state index in [9.17, 15) is 4.79 Å². The molecular weight excluding hydrogens is 342 g/mol. The highest BCUT2D eigenvalue weighted by Crippen LogP contribution is 2.29. The summed E-state index contributed by atoms with van der Waals surface area (Å²) in [7, 11) is 0. The highest BCUT2D eigenvalue weighted by molar-refractivity contribution is 8.16. The zero-order chi connectivity index (χ0) is 18.6. The highest BCUT2D eigenvalue weighted by atomic mass is 32.2. The first-order valence-corrected chi connectivity index (χ1v) is 9.72. The number of carbonyl (C=O) groups excluding carboxylic acids is 1. The molecule has 1 N–H and O–H groups in total. The van der Waals surface area contributed by atoms with Crippen LogP contribution >= 0.6 is 11.8 Å². The number of hydrogen-bond acceptors (Lipinski definition) is 4. The van der Waals surface area contributed by atoms with E-state index in [0.29, 0.717) is 5.75 Å². The molecule has 4 nitrogen and oxygen atoms in total. The first-order chi connectivity index (χ1) is 12.5. The van der Waals surface area contributed by atoms with Gasteiger partial charge in [-0.25, -0.2) is 4.99 Å². The number of nitrogens with zero attached hydrogens (tertiary/aromatic N) is 2. The summed E-state index contributed by atoms with van der Waals surface area (Å²) in [5, 5.41) is 3.76. The summed E-state index contributed by atoms with van der Waals surface area (Å²) in [5.74, 6) is 0.261. The molecule has 0 fully saturated rings. The van der Waals surface area contributed by atoms with Crippen molar-refractivity contribution in [3.63, 3.8) is 0 Å². The van der Waals surface area contributed by atoms with Gasteiger partial charge in [0.1, 0.15) is 10.7 Å². The van der Waals surface area contributed by atoms with Gasteiger partial charge in [0.2, 0.25) is 5.91 Å². The second-order valence-corrected chi connectivity index (χ2v) is 7.48. The second-order valence-electron chi connectivity index (χ2n) is 6.52. The Bertz CT molecular complexity index is 843. The Morgan fingerprint density at radius 3 is 2.42 bits per heavy atom. The predicted molar refractivity (Wildman–Crippen MR) is 111 cm³/mol. The molecular formula is C21H23N3OS. The number of rotatable bonds is 5. The van der Waals surface area contributed by atoms with Gasteiger partial charge in [-0.3, -0.25) is 9.79 Å². The van der Waals surface area contributed by atoms with Crippen molar-refractivity contribution < 1.29 is 4.79 Å². The fourth-order valence-electron chi connectivity index (χ4n) is 2.60. The molecule has 1 amide bonds. The van der Waals surface area contributed by atoms with Crippen LogP contribution in [0.4, 0.5) is 5.69 Å². The Morgan fingerprint density at radius 1 is 1.08 bits per heavy atom. The molecule has 0 spiro atoms. The summed E-state index contributed by atoms with van der Waals surface area (Å²) in [6, 6.07) is 17.8. The van der Waals surface area contributed by atoms with Crippen molar-refractivity contribution in [3.8, 4) is 0 Å². The van der Waals surface area contributed by atoms with Gasteiger partial charge >= 0.3 is 0 Å². The van der Waals surface area contributed by atoms with Gasteiger partial charge < -0.3 is 5.32 Å². The number of amides is 1. The third-order valence-electron chi connectivity index (χ3n) is 4.29. The largest absolute Gasteiger partial charge is 0.325 e. The van der Waals surface area contributed by atoms with Crippen LogP contribution in [-0.2, 0) is 4.79 Å². The maximum atomic E-state index is 12.3. The lowest BCUT2D eigenvalue weighted by Gasteiger charge is -2.13. The molecule has 2 aromatic rings. The monoisotopic (exact) mass is 365 g/mol. The molecule has 3 rings (SSSR count). The van der Waals surface area contributed by atoms with Crippen LogP contribution in [0.2, 0.25) is 0 Å². The summed E-state index contributed by atoms with van der Waals surface area (Å²) < 4.78 is 0. The number of thioether (sulfide) groups is 1. The standard InChI is InChI=1S/C21H23N3OS/c1-4-21(3)23-19(16-8-6-5-7-9-16)20(24-21)26-14-18(25)22-17-12-10-15(2)11-13-17/h5-13H,4,14H2,1-3H3,(H,22,25)/t21-/m0/s1. The molecule has 26 heavy (non-hydrogen) atoms. The van der Waals surface area contributed by atoms with Crippen molar-refractivity contribution >= 4 is 34.1 Å². The molecule has 1 aliphatic rings. The molecule has 1 atom stereocenters. The molecule has 0 aromatic heterocycles. The minimum atomic E-state index is -0.444. The van der Waals surface area contributed by atoms with E-state index in [1.807, 2.05) is 68.4 Å². The van der Waals surface area contributed by atoms with E-state index in [1.165, 1.54) is 17.3 Å². The Morgan fingerprint density at radius 2 is 1.77 bits per heavy atom. The molecule has 0 bridgehead atoms. The number of aliphatic imine (C=N–C) groups is 2. The third-order valence-corrected chi connectivity index (χ3v) is 5.25. The minimum Gasteiger partial charge on any atom is -0.325 e. The van der Waals surface area contributed by atoms with Crippen LogP contribution in [0.1, 0.15) is 31.4 Å². The Balaban J connectivity index is 1.69. The van der Waals surface area contributed by atoms with E-state index in [0.717, 1.165) is 28.4 Å². The SMILES string of the molecule is CC[C@]1(C)N=C(SCC(=O)Nc2ccc(C)cc2)C(c2ccccc2)=N1. The molecule has 1 heterocycles. The first-order valence-electron chi connectivity index (χ1n) is 8.74. The van der Waals surface area contributed by atoms with Gasteiger partial charge in [-0.1, -0.05) is 66.7 Å². The first kappa shape index (κ1) is 18.4. The third kappa shape index (κ3) is 4.41. The number of carbonyl (C=O) groups is 1. The molecule has 0 saturated heterocycles. The lowest BCUT2D eigenvalue weighted by molar-refractivity contribution is -0.113. The van der Waals surface area contributed by atoms with Crippen LogP contribution in [0, 0.1) is 6.92 Å². The Kier molecular flexibility index (Phi) is 5.57. The average Bonchev–Trinajstić information content (AvgIpc) is 3.00. The topological polar surface area (TPSA) is 53.8 Å². The van der Waals surface area contributed by atoms with E-state index in [4.69, 9.17) is 9.98 Å². The molecule has 0 unspecified atom stereocenters. The quantitative estimate of drug-likeness (QED) is 0.835. The number of anilines is 1. The smallest absolute Gasteiger partial charge is 0.234 e. The van der Waals surface area contributed by atoms with E-state index in [-0.39, 0.29) is 5.91 Å². The van der Waals surface area contributed by atoms with Crippen molar-refractivity contribution in [3.05, 3.63) is 65.7 Å². The molecule has 0 saturated carbocycles. The number of nitrogens with one attached hydrogen (secondary N) is 1. The maximum absolute atomic E-state index is 12.3. The van der Waals surface area contributed by atoms with Gasteiger partial charge in [-0.2, -0.15) is 0 Å². The van der Waals surface area contributed by atoms with Crippen molar-refractivity contribution in [1.82, 2.24) is 0 Å². The molecule has 1 aliphatic heterocycles. The van der Waals surface area contributed by atoms with Crippen LogP contribution in [0.15, 0.2) is 64.6 Å². The highest BCUT2D eigenvalue weighted by Gasteiger charge is 2.31. The molecule has 134 valence electrons. The number of hydrogen-bond donors (Lipinski definition) is 1. The van der Waals surface area contributed by atoms with E-state index >= 15 is 0 Å². The van der Waals surface area contributed by atoms with Crippen LogP contribution in [0.3, 0.4) is 0 Å². The number of benzene rings is 2. The van der Waals surface area contributed by atoms with Crippen molar-refractivity contribution in [2.75, 3.05) is 11.1 Å². The van der Waals surface area contributed by atoms with Gasteiger partial charge in [0.15, 0.2) is 0 Å². The van der Waals surface area contributed by atoms with Crippen LogP contribution in [-0.4, -0.2) is 28.1 Å². The van der Waals surface area contributed by atoms with E-state index < -0.39 is 5.66 Å². The summed E-state index contributed by atoms with van der Waals surface area (Å²) in [6.07, 6.45) is 0.822. The van der Waals surface area contributed by atoms with Gasteiger partial charge in [-0.05, 0) is 32.4 Å². The van der Waals surface area contributed by atoms with Crippen LogP contribution in [0.25, 0.3) is 0 Å². The fourth-order valence-corrected chi connectivity index (χ4v) is 3.50. The Labute approximate surface area is 158 Å². The van der Waals surface area contributed by atoms with Crippen molar-refractivity contribution in [2.24, 2.45) is 9.98 Å². The van der Waals surface area contributed by atoms with E-state index in [1.54, 1.807) is 0 Å². The molecule has 2 aromatic carbocycles. The van der Waals surface area contributed by atoms with Crippen LogP contribution < -0.4 is 5.32 Å². The van der Waals surface area contributed by atoms with Crippen LogP contribution in [0.5, 0.6) is 0 Å². The summed E-state index contributed by atoms with van der Waals surface area (Å²) >= 11 is 1.44. The normalized spacial score (nSPS) is 19.0. The Hall–Kier alpha value is -2.40. The lowest BCUT2D eigenvalue weighted by Crippen LogP contribution is -2.17. The maximum Gasteiger partial charge on any atom is 0.234 e. The zero-order valence-electron chi connectivity index (χ0n) is 15.3. The van der Waals surface area contributed by atoms with Gasteiger partial charge in [0.05, 0.1) is 11.5 Å². The summed E-state index contributed by atoms with van der Waals surface area (Å²) in [5.41, 5.74) is 3.45. The molecule has 0 radical (unpaired) electrons. The predicted octanol–water partition coefficient (Wildman–Crippen LogP) is 4.69. The average molecular weight is 366 g/mol.